The topological polar surface area (TPSA) is 17.1 Å². The highest BCUT2D eigenvalue weighted by atomic mass is 32.1. The highest BCUT2D eigenvalue weighted by Gasteiger charge is 2.18. The van der Waals surface area contributed by atoms with Crippen molar-refractivity contribution in [1.82, 2.24) is 0 Å². The highest BCUT2D eigenvalue weighted by molar-refractivity contribution is 7.80. The summed E-state index contributed by atoms with van der Waals surface area (Å²) >= 11 is 4.79. The van der Waals surface area contributed by atoms with Crippen LogP contribution in [0.4, 0.5) is 0 Å². The molecule has 0 radical (unpaired) electrons. The summed E-state index contributed by atoms with van der Waals surface area (Å²) < 4.78 is 0. The van der Waals surface area contributed by atoms with Gasteiger partial charge >= 0.3 is 0 Å². The van der Waals surface area contributed by atoms with E-state index in [1.54, 1.807) is 0 Å². The van der Waals surface area contributed by atoms with Crippen LogP contribution in [0.3, 0.4) is 0 Å². The summed E-state index contributed by atoms with van der Waals surface area (Å²) in [5.41, 5.74) is 0.676. The minimum atomic E-state index is 0.120. The second-order valence-corrected chi connectivity index (χ2v) is 2.50. The average molecular weight is 126 g/mol. The maximum absolute atomic E-state index is 10.6. The predicted molar refractivity (Wildman–Crippen MR) is 36.0 cm³/mol. The molecule has 0 unspecified atom stereocenters. The Hall–Kier alpha value is -0.500. The lowest BCUT2D eigenvalue weighted by Gasteiger charge is -1.80. The van der Waals surface area contributed by atoms with Gasteiger partial charge in [0.1, 0.15) is 0 Å². The first kappa shape index (κ1) is 5.63. The van der Waals surface area contributed by atoms with Gasteiger partial charge in [-0.25, -0.2) is 0 Å². The van der Waals surface area contributed by atoms with Gasteiger partial charge in [0, 0.05) is 17.7 Å². The molecule has 1 saturated carbocycles. The second-order valence-electron chi connectivity index (χ2n) is 1.92. The molecule has 0 aromatic rings. The van der Waals surface area contributed by atoms with Gasteiger partial charge in [0.25, 0.3) is 0 Å². The number of Topliss-reactive ketones (excluding diaryl/α,β-unsaturated/α-hetero) is 1. The number of carbonyl (C=O) groups is 1. The SMILES string of the molecule is C=C1CC(=S)CC1=O. The molecular formula is C6H6OS. The van der Waals surface area contributed by atoms with E-state index in [0.29, 0.717) is 18.4 Å². The van der Waals surface area contributed by atoms with Crippen LogP contribution in [0.15, 0.2) is 12.2 Å². The number of thiocarbonyl (C=S) groups is 1. The zero-order chi connectivity index (χ0) is 6.15. The van der Waals surface area contributed by atoms with Crippen molar-refractivity contribution in [1.29, 1.82) is 0 Å². The first-order chi connectivity index (χ1) is 3.70. The van der Waals surface area contributed by atoms with Crippen molar-refractivity contribution in [2.24, 2.45) is 0 Å². The first-order valence-electron chi connectivity index (χ1n) is 2.43. The van der Waals surface area contributed by atoms with Crippen molar-refractivity contribution in [2.75, 3.05) is 0 Å². The van der Waals surface area contributed by atoms with E-state index in [9.17, 15) is 4.79 Å². The van der Waals surface area contributed by atoms with Crippen LogP contribution in [-0.4, -0.2) is 10.6 Å². The van der Waals surface area contributed by atoms with E-state index in [1.807, 2.05) is 0 Å². The molecule has 0 heterocycles. The Labute approximate surface area is 53.4 Å². The molecule has 0 aliphatic heterocycles. The van der Waals surface area contributed by atoms with E-state index in [-0.39, 0.29) is 5.78 Å². The van der Waals surface area contributed by atoms with Gasteiger partial charge in [0.15, 0.2) is 5.78 Å². The molecule has 1 rings (SSSR count). The molecule has 0 N–H and O–H groups in total. The Kier molecular flexibility index (Phi) is 1.26. The summed E-state index contributed by atoms with van der Waals surface area (Å²) in [4.78, 5) is 11.4. The smallest absolute Gasteiger partial charge is 0.163 e. The van der Waals surface area contributed by atoms with E-state index in [2.05, 4.69) is 6.58 Å². The average Bonchev–Trinajstić information content (AvgIpc) is 1.85. The molecule has 0 spiro atoms. The fraction of sp³-hybridized carbons (Fsp3) is 0.333. The van der Waals surface area contributed by atoms with Gasteiger partial charge in [-0.05, 0) is 5.57 Å². The summed E-state index contributed by atoms with van der Waals surface area (Å²) in [6.07, 6.45) is 1.10. The third-order valence-electron chi connectivity index (χ3n) is 1.16. The lowest BCUT2D eigenvalue weighted by Crippen LogP contribution is -1.88. The molecule has 1 nitrogen and oxygen atoms in total. The van der Waals surface area contributed by atoms with Gasteiger partial charge < -0.3 is 0 Å². The third-order valence-corrected chi connectivity index (χ3v) is 1.45. The first-order valence-corrected chi connectivity index (χ1v) is 2.83. The molecule has 0 amide bonds. The van der Waals surface area contributed by atoms with Crippen molar-refractivity contribution in [3.8, 4) is 0 Å². The fourth-order valence-electron chi connectivity index (χ4n) is 0.703. The monoisotopic (exact) mass is 126 g/mol. The molecule has 1 aliphatic rings. The van der Waals surface area contributed by atoms with Gasteiger partial charge in [-0.1, -0.05) is 18.8 Å². The highest BCUT2D eigenvalue weighted by Crippen LogP contribution is 2.15. The van der Waals surface area contributed by atoms with E-state index < -0.39 is 0 Å². The normalized spacial score (nSPS) is 20.2. The van der Waals surface area contributed by atoms with Crippen LogP contribution in [0.5, 0.6) is 0 Å². The summed E-state index contributed by atoms with van der Waals surface area (Å²) in [6, 6.07) is 0. The number of hydrogen-bond acceptors (Lipinski definition) is 2. The van der Waals surface area contributed by atoms with Crippen molar-refractivity contribution < 1.29 is 4.79 Å². The van der Waals surface area contributed by atoms with Crippen LogP contribution in [0.1, 0.15) is 12.8 Å². The number of rotatable bonds is 0. The van der Waals surface area contributed by atoms with E-state index >= 15 is 0 Å². The summed E-state index contributed by atoms with van der Waals surface area (Å²) in [5, 5.41) is 0. The number of carbonyl (C=O) groups excluding carboxylic acids is 1. The molecule has 0 saturated heterocycles. The van der Waals surface area contributed by atoms with E-state index in [4.69, 9.17) is 12.2 Å². The molecule has 2 heteroatoms. The quantitative estimate of drug-likeness (QED) is 0.359. The Morgan fingerprint density at radius 1 is 1.50 bits per heavy atom. The molecule has 0 aromatic heterocycles. The zero-order valence-corrected chi connectivity index (χ0v) is 5.25. The number of hydrogen-bond donors (Lipinski definition) is 0. The summed E-state index contributed by atoms with van der Waals surface area (Å²) in [5.74, 6) is 0.120. The van der Waals surface area contributed by atoms with E-state index in [0.717, 1.165) is 4.86 Å². The number of ketones is 1. The Morgan fingerprint density at radius 2 is 2.12 bits per heavy atom. The zero-order valence-electron chi connectivity index (χ0n) is 4.44. The Balaban J connectivity index is 2.79. The molecule has 1 aliphatic carbocycles. The minimum Gasteiger partial charge on any atom is -0.294 e. The lowest BCUT2D eigenvalue weighted by atomic mass is 10.2. The van der Waals surface area contributed by atoms with Crippen LogP contribution in [-0.2, 0) is 4.79 Å². The Morgan fingerprint density at radius 3 is 2.25 bits per heavy atom. The number of allylic oxidation sites excluding steroid dienone is 1. The van der Waals surface area contributed by atoms with Gasteiger partial charge in [-0.3, -0.25) is 4.79 Å². The van der Waals surface area contributed by atoms with Crippen LogP contribution < -0.4 is 0 Å². The second kappa shape index (κ2) is 1.78. The molecule has 8 heavy (non-hydrogen) atoms. The van der Waals surface area contributed by atoms with Crippen LogP contribution >= 0.6 is 12.2 Å². The molecule has 1 fully saturated rings. The van der Waals surface area contributed by atoms with Crippen molar-refractivity contribution >= 4 is 22.9 Å². The maximum Gasteiger partial charge on any atom is 0.163 e. The Bertz CT molecular complexity index is 151. The fourth-order valence-corrected chi connectivity index (χ4v) is 1.01. The standard InChI is InChI=1S/C6H6OS/c1-4-2-5(8)3-6(4)7/h1-3H2. The van der Waals surface area contributed by atoms with Gasteiger partial charge in [-0.15, -0.1) is 0 Å². The molecule has 42 valence electrons. The van der Waals surface area contributed by atoms with Gasteiger partial charge in [0.2, 0.25) is 0 Å². The lowest BCUT2D eigenvalue weighted by molar-refractivity contribution is -0.113. The minimum absolute atomic E-state index is 0.120. The summed E-state index contributed by atoms with van der Waals surface area (Å²) in [7, 11) is 0. The molecule has 0 atom stereocenters. The largest absolute Gasteiger partial charge is 0.294 e. The van der Waals surface area contributed by atoms with Gasteiger partial charge in [0.05, 0.1) is 0 Å². The van der Waals surface area contributed by atoms with Crippen molar-refractivity contribution in [3.05, 3.63) is 12.2 Å². The molecule has 0 aromatic carbocycles. The maximum atomic E-state index is 10.6. The van der Waals surface area contributed by atoms with Crippen LogP contribution in [0, 0.1) is 0 Å². The van der Waals surface area contributed by atoms with Crippen molar-refractivity contribution in [2.45, 2.75) is 12.8 Å². The van der Waals surface area contributed by atoms with E-state index in [1.165, 1.54) is 0 Å². The van der Waals surface area contributed by atoms with Crippen molar-refractivity contribution in [3.63, 3.8) is 0 Å². The van der Waals surface area contributed by atoms with Gasteiger partial charge in [-0.2, -0.15) is 0 Å². The summed E-state index contributed by atoms with van der Waals surface area (Å²) in [6.45, 7) is 3.55. The molecule has 0 bridgehead atoms. The van der Waals surface area contributed by atoms with Crippen LogP contribution in [0.25, 0.3) is 0 Å². The van der Waals surface area contributed by atoms with Crippen LogP contribution in [0.2, 0.25) is 0 Å². The third kappa shape index (κ3) is 0.842. The predicted octanol–water partition coefficient (Wildman–Crippen LogP) is 1.28. The molecular weight excluding hydrogens is 120 g/mol.